The maximum atomic E-state index is 13.2. The zero-order valence-corrected chi connectivity index (χ0v) is 21.6. The van der Waals surface area contributed by atoms with E-state index >= 15 is 0 Å². The van der Waals surface area contributed by atoms with E-state index in [1.807, 2.05) is 54.9 Å². The number of rotatable bonds is 5. The third kappa shape index (κ3) is 3.96. The Morgan fingerprint density at radius 2 is 1.97 bits per heavy atom. The summed E-state index contributed by atoms with van der Waals surface area (Å²) in [6, 6.07) is 13.0. The van der Waals surface area contributed by atoms with Gasteiger partial charge in [-0.1, -0.05) is 26.0 Å². The van der Waals surface area contributed by atoms with Crippen molar-refractivity contribution in [3.05, 3.63) is 89.7 Å². The van der Waals surface area contributed by atoms with E-state index < -0.39 is 18.0 Å². The SMILES string of the molecule is C[C@H]1C(=O)C(C(N)=O)=C[C@@]2(C)c3c(c(-c4ccccn4)nn3-c3ccc(-c4ccnc(CF)c4)cn3)CC[C@H]12. The van der Waals surface area contributed by atoms with E-state index in [1.165, 1.54) is 0 Å². The van der Waals surface area contributed by atoms with Crippen molar-refractivity contribution in [2.24, 2.45) is 17.6 Å². The molecule has 0 aromatic carbocycles. The Hall–Kier alpha value is -4.53. The molecule has 0 saturated carbocycles. The molecule has 4 aromatic rings. The first-order chi connectivity index (χ1) is 18.8. The molecule has 0 spiro atoms. The van der Waals surface area contributed by atoms with E-state index in [9.17, 15) is 14.0 Å². The lowest BCUT2D eigenvalue weighted by molar-refractivity contribution is -0.125. The maximum Gasteiger partial charge on any atom is 0.252 e. The van der Waals surface area contributed by atoms with Gasteiger partial charge in [0.2, 0.25) is 0 Å². The van der Waals surface area contributed by atoms with Crippen molar-refractivity contribution in [1.82, 2.24) is 24.7 Å². The van der Waals surface area contributed by atoms with Crippen molar-refractivity contribution < 1.29 is 14.0 Å². The smallest absolute Gasteiger partial charge is 0.252 e. The molecule has 0 saturated heterocycles. The number of nitrogens with two attached hydrogens (primary N) is 1. The molecule has 1 amide bonds. The Labute approximate surface area is 224 Å². The molecule has 9 heteroatoms. The predicted octanol–water partition coefficient (Wildman–Crippen LogP) is 4.31. The molecular formula is C30H27FN6O2. The van der Waals surface area contributed by atoms with E-state index in [-0.39, 0.29) is 23.2 Å². The molecule has 8 nitrogen and oxygen atoms in total. The number of pyridine rings is 3. The molecule has 2 aliphatic rings. The fourth-order valence-electron chi connectivity index (χ4n) is 6.24. The first-order valence-corrected chi connectivity index (χ1v) is 12.9. The summed E-state index contributed by atoms with van der Waals surface area (Å²) >= 11 is 0. The maximum absolute atomic E-state index is 13.2. The zero-order chi connectivity index (χ0) is 27.3. The van der Waals surface area contributed by atoms with Crippen molar-refractivity contribution in [2.75, 3.05) is 0 Å². The third-order valence-corrected chi connectivity index (χ3v) is 8.12. The van der Waals surface area contributed by atoms with Gasteiger partial charge < -0.3 is 5.73 Å². The fraction of sp³-hybridized carbons (Fsp3) is 0.267. The Kier molecular flexibility index (Phi) is 5.94. The van der Waals surface area contributed by atoms with Crippen LogP contribution in [0.25, 0.3) is 28.3 Å². The molecule has 0 unspecified atom stereocenters. The van der Waals surface area contributed by atoms with Gasteiger partial charge in [-0.15, -0.1) is 0 Å². The van der Waals surface area contributed by atoms with Gasteiger partial charge in [-0.3, -0.25) is 19.6 Å². The number of amides is 1. The molecule has 0 bridgehead atoms. The second-order valence-corrected chi connectivity index (χ2v) is 10.4. The lowest BCUT2D eigenvalue weighted by Crippen LogP contribution is -2.48. The number of alkyl halides is 1. The van der Waals surface area contributed by atoms with Crippen molar-refractivity contribution in [2.45, 2.75) is 38.8 Å². The van der Waals surface area contributed by atoms with Crippen LogP contribution in [-0.4, -0.2) is 36.4 Å². The first-order valence-electron chi connectivity index (χ1n) is 12.9. The number of carbonyl (C=O) groups is 2. The molecule has 0 fully saturated rings. The summed E-state index contributed by atoms with van der Waals surface area (Å²) in [4.78, 5) is 38.7. The second-order valence-electron chi connectivity index (χ2n) is 10.4. The summed E-state index contributed by atoms with van der Waals surface area (Å²) in [5.41, 5.74) is 10.4. The number of carbonyl (C=O) groups excluding carboxylic acids is 2. The number of aromatic nitrogens is 5. The van der Waals surface area contributed by atoms with E-state index in [0.717, 1.165) is 40.2 Å². The highest BCUT2D eigenvalue weighted by molar-refractivity contribution is 6.20. The van der Waals surface area contributed by atoms with Gasteiger partial charge in [0.25, 0.3) is 5.91 Å². The minimum absolute atomic E-state index is 0.0332. The van der Waals surface area contributed by atoms with Gasteiger partial charge in [-0.05, 0) is 60.7 Å². The normalized spacial score (nSPS) is 22.1. The van der Waals surface area contributed by atoms with Gasteiger partial charge in [-0.2, -0.15) is 5.10 Å². The standard InChI is InChI=1S/C30H27FN6O2/c1-17-23-8-7-21-26(24-5-3-4-11-34-24)36-37(28(21)30(23,2)14-22(27(17)38)29(32)39)25-9-6-19(16-35-25)18-10-12-33-20(13-18)15-31/h3-6,9-14,16-17,23H,7-8,15H2,1-2H3,(H2,32,39)/t17-,23-,30-/m1/s1. The lowest BCUT2D eigenvalue weighted by atomic mass is 9.57. The van der Waals surface area contributed by atoms with Crippen LogP contribution in [0.15, 0.2) is 72.7 Å². The highest BCUT2D eigenvalue weighted by Crippen LogP contribution is 2.51. The minimum atomic E-state index is -0.720. The molecule has 2 N–H and O–H groups in total. The molecule has 0 aliphatic heterocycles. The average molecular weight is 523 g/mol. The number of Topliss-reactive ketones (excluding diaryl/α,β-unsaturated/α-hetero) is 1. The molecule has 2 aliphatic carbocycles. The van der Waals surface area contributed by atoms with Gasteiger partial charge in [-0.25, -0.2) is 14.1 Å². The van der Waals surface area contributed by atoms with Crippen LogP contribution in [0.3, 0.4) is 0 Å². The predicted molar refractivity (Wildman–Crippen MR) is 143 cm³/mol. The van der Waals surface area contributed by atoms with Crippen LogP contribution in [0.4, 0.5) is 4.39 Å². The Morgan fingerprint density at radius 3 is 2.67 bits per heavy atom. The molecule has 6 rings (SSSR count). The number of allylic oxidation sites excluding steroid dienone is 1. The number of fused-ring (bicyclic) bond motifs is 3. The van der Waals surface area contributed by atoms with Crippen LogP contribution in [0.1, 0.15) is 37.2 Å². The fourth-order valence-corrected chi connectivity index (χ4v) is 6.24. The molecule has 39 heavy (non-hydrogen) atoms. The third-order valence-electron chi connectivity index (χ3n) is 8.12. The van der Waals surface area contributed by atoms with E-state index in [0.29, 0.717) is 17.9 Å². The summed E-state index contributed by atoms with van der Waals surface area (Å²) in [6.45, 7) is 3.28. The quantitative estimate of drug-likeness (QED) is 0.391. The monoisotopic (exact) mass is 522 g/mol. The number of hydrogen-bond donors (Lipinski definition) is 1. The number of hydrogen-bond acceptors (Lipinski definition) is 6. The lowest BCUT2D eigenvalue weighted by Gasteiger charge is -2.45. The van der Waals surface area contributed by atoms with Crippen molar-refractivity contribution in [1.29, 1.82) is 0 Å². The van der Waals surface area contributed by atoms with Crippen LogP contribution in [0, 0.1) is 11.8 Å². The Bertz CT molecular complexity index is 1630. The average Bonchev–Trinajstić information content (AvgIpc) is 3.37. The van der Waals surface area contributed by atoms with Gasteiger partial charge >= 0.3 is 0 Å². The number of ketones is 1. The molecule has 0 radical (unpaired) electrons. The van der Waals surface area contributed by atoms with Crippen LogP contribution < -0.4 is 5.73 Å². The summed E-state index contributed by atoms with van der Waals surface area (Å²) in [5.74, 6) is -0.761. The molecule has 4 aromatic heterocycles. The summed E-state index contributed by atoms with van der Waals surface area (Å²) in [6.07, 6.45) is 8.24. The largest absolute Gasteiger partial charge is 0.365 e. The van der Waals surface area contributed by atoms with Gasteiger partial charge in [0, 0.05) is 41.1 Å². The summed E-state index contributed by atoms with van der Waals surface area (Å²) in [7, 11) is 0. The van der Waals surface area contributed by atoms with E-state index in [4.69, 9.17) is 15.8 Å². The zero-order valence-electron chi connectivity index (χ0n) is 21.6. The number of nitrogens with zero attached hydrogens (tertiary/aromatic N) is 5. The van der Waals surface area contributed by atoms with Crippen LogP contribution in [0.2, 0.25) is 0 Å². The summed E-state index contributed by atoms with van der Waals surface area (Å²) < 4.78 is 15.0. The van der Waals surface area contributed by atoms with E-state index in [2.05, 4.69) is 9.97 Å². The second kappa shape index (κ2) is 9.34. The van der Waals surface area contributed by atoms with Gasteiger partial charge in [0.1, 0.15) is 12.4 Å². The molecule has 3 atom stereocenters. The Morgan fingerprint density at radius 1 is 1.13 bits per heavy atom. The van der Waals surface area contributed by atoms with Crippen LogP contribution in [0.5, 0.6) is 0 Å². The van der Waals surface area contributed by atoms with Crippen LogP contribution >= 0.6 is 0 Å². The molecule has 4 heterocycles. The highest BCUT2D eigenvalue weighted by Gasteiger charge is 2.51. The number of halogens is 1. The topological polar surface area (TPSA) is 117 Å². The first kappa shape index (κ1) is 24.8. The van der Waals surface area contributed by atoms with Gasteiger partial charge in [0.05, 0.1) is 22.7 Å². The highest BCUT2D eigenvalue weighted by atomic mass is 19.1. The van der Waals surface area contributed by atoms with Crippen molar-refractivity contribution in [3.8, 4) is 28.3 Å². The summed E-state index contributed by atoms with van der Waals surface area (Å²) in [5, 5.41) is 5.01. The molecular weight excluding hydrogens is 495 g/mol. The Balaban J connectivity index is 1.55. The van der Waals surface area contributed by atoms with Gasteiger partial charge in [0.15, 0.2) is 11.6 Å². The van der Waals surface area contributed by atoms with E-state index in [1.54, 1.807) is 30.7 Å². The van der Waals surface area contributed by atoms with Crippen LogP contribution in [-0.2, 0) is 28.1 Å². The van der Waals surface area contributed by atoms with Crippen molar-refractivity contribution in [3.63, 3.8) is 0 Å². The molecule has 196 valence electrons. The number of primary amides is 1. The minimum Gasteiger partial charge on any atom is -0.365 e. The van der Waals surface area contributed by atoms with Crippen molar-refractivity contribution >= 4 is 11.7 Å².